The Labute approximate surface area is 152 Å². The van der Waals surface area contributed by atoms with Gasteiger partial charge in [-0.25, -0.2) is 0 Å². The van der Waals surface area contributed by atoms with Crippen LogP contribution in [0.25, 0.3) is 10.9 Å². The number of amides is 2. The standard InChI is InChI=1S/C20H22N4O2/c1-13-7-3-4-8-15(13)14(2)22-18(25)11-12-21-20(26)19-16-9-5-6-10-17(16)23-24-19/h3-10,14H,11-12H2,1-2H3,(H,21,26)(H,22,25)(H,23,24). The van der Waals surface area contributed by atoms with Gasteiger partial charge in [-0.15, -0.1) is 0 Å². The van der Waals surface area contributed by atoms with Gasteiger partial charge in [0.25, 0.3) is 5.91 Å². The van der Waals surface area contributed by atoms with Gasteiger partial charge in [0.1, 0.15) is 0 Å². The number of hydrogen-bond donors (Lipinski definition) is 3. The molecule has 0 saturated heterocycles. The van der Waals surface area contributed by atoms with Crippen LogP contribution in [0.3, 0.4) is 0 Å². The molecule has 2 amide bonds. The lowest BCUT2D eigenvalue weighted by Crippen LogP contribution is -2.32. The Morgan fingerprint density at radius 2 is 1.85 bits per heavy atom. The van der Waals surface area contributed by atoms with Crippen molar-refractivity contribution in [3.63, 3.8) is 0 Å². The molecule has 0 radical (unpaired) electrons. The van der Waals surface area contributed by atoms with Gasteiger partial charge in [0.2, 0.25) is 5.91 Å². The van der Waals surface area contributed by atoms with Crippen LogP contribution in [0.4, 0.5) is 0 Å². The second-order valence-corrected chi connectivity index (χ2v) is 6.27. The molecule has 1 aromatic heterocycles. The number of hydrogen-bond acceptors (Lipinski definition) is 3. The molecule has 0 bridgehead atoms. The minimum atomic E-state index is -0.290. The number of benzene rings is 2. The number of H-pyrrole nitrogens is 1. The van der Waals surface area contributed by atoms with E-state index in [1.807, 2.05) is 62.4 Å². The molecule has 1 atom stereocenters. The number of nitrogens with one attached hydrogen (secondary N) is 3. The molecule has 3 rings (SSSR count). The molecule has 26 heavy (non-hydrogen) atoms. The van der Waals surface area contributed by atoms with Crippen LogP contribution < -0.4 is 10.6 Å². The van der Waals surface area contributed by atoms with E-state index < -0.39 is 0 Å². The Bertz CT molecular complexity index is 932. The van der Waals surface area contributed by atoms with Gasteiger partial charge in [0.15, 0.2) is 5.69 Å². The Balaban J connectivity index is 1.51. The van der Waals surface area contributed by atoms with Crippen molar-refractivity contribution in [1.82, 2.24) is 20.8 Å². The number of aryl methyl sites for hydroxylation is 1. The predicted octanol–water partition coefficient (Wildman–Crippen LogP) is 2.87. The van der Waals surface area contributed by atoms with E-state index in [0.717, 1.165) is 22.0 Å². The molecule has 0 aliphatic rings. The first kappa shape index (κ1) is 17.7. The first-order chi connectivity index (χ1) is 12.6. The van der Waals surface area contributed by atoms with Crippen molar-refractivity contribution in [2.45, 2.75) is 26.3 Å². The lowest BCUT2D eigenvalue weighted by Gasteiger charge is -2.16. The fourth-order valence-corrected chi connectivity index (χ4v) is 2.97. The van der Waals surface area contributed by atoms with Gasteiger partial charge in [-0.05, 0) is 31.0 Å². The molecule has 3 aromatic rings. The van der Waals surface area contributed by atoms with E-state index in [1.54, 1.807) is 0 Å². The van der Waals surface area contributed by atoms with Crippen molar-refractivity contribution in [3.05, 3.63) is 65.4 Å². The number of carbonyl (C=O) groups excluding carboxylic acids is 2. The zero-order chi connectivity index (χ0) is 18.5. The van der Waals surface area contributed by atoms with Crippen molar-refractivity contribution in [1.29, 1.82) is 0 Å². The maximum atomic E-state index is 12.3. The third-order valence-corrected chi connectivity index (χ3v) is 4.36. The maximum Gasteiger partial charge on any atom is 0.272 e. The fourth-order valence-electron chi connectivity index (χ4n) is 2.97. The van der Waals surface area contributed by atoms with Gasteiger partial charge in [-0.1, -0.05) is 42.5 Å². The summed E-state index contributed by atoms with van der Waals surface area (Å²) < 4.78 is 0. The lowest BCUT2D eigenvalue weighted by atomic mass is 10.0. The van der Waals surface area contributed by atoms with E-state index in [0.29, 0.717) is 5.69 Å². The van der Waals surface area contributed by atoms with Crippen LogP contribution in [0.15, 0.2) is 48.5 Å². The van der Waals surface area contributed by atoms with Crippen LogP contribution >= 0.6 is 0 Å². The number of rotatable bonds is 6. The van der Waals surface area contributed by atoms with Crippen molar-refractivity contribution < 1.29 is 9.59 Å². The van der Waals surface area contributed by atoms with E-state index in [-0.39, 0.29) is 30.8 Å². The van der Waals surface area contributed by atoms with Gasteiger partial charge in [0.05, 0.1) is 11.6 Å². The third-order valence-electron chi connectivity index (χ3n) is 4.36. The summed E-state index contributed by atoms with van der Waals surface area (Å²) in [5, 5.41) is 13.4. The van der Waals surface area contributed by atoms with Crippen molar-refractivity contribution in [3.8, 4) is 0 Å². The van der Waals surface area contributed by atoms with Gasteiger partial charge < -0.3 is 10.6 Å². The second-order valence-electron chi connectivity index (χ2n) is 6.27. The molecular weight excluding hydrogens is 328 g/mol. The van der Waals surface area contributed by atoms with Crippen LogP contribution in [-0.4, -0.2) is 28.6 Å². The monoisotopic (exact) mass is 350 g/mol. The zero-order valence-corrected chi connectivity index (χ0v) is 14.9. The van der Waals surface area contributed by atoms with Gasteiger partial charge in [-0.3, -0.25) is 14.7 Å². The molecule has 6 nitrogen and oxygen atoms in total. The number of aromatic nitrogens is 2. The van der Waals surface area contributed by atoms with E-state index in [1.165, 1.54) is 0 Å². The average molecular weight is 350 g/mol. The van der Waals surface area contributed by atoms with Crippen LogP contribution in [0.5, 0.6) is 0 Å². The average Bonchev–Trinajstić information content (AvgIpc) is 3.06. The molecule has 0 fully saturated rings. The largest absolute Gasteiger partial charge is 0.350 e. The van der Waals surface area contributed by atoms with Crippen molar-refractivity contribution in [2.24, 2.45) is 0 Å². The molecule has 1 heterocycles. The van der Waals surface area contributed by atoms with E-state index in [2.05, 4.69) is 20.8 Å². The zero-order valence-electron chi connectivity index (χ0n) is 14.9. The number of aromatic amines is 1. The van der Waals surface area contributed by atoms with E-state index >= 15 is 0 Å². The summed E-state index contributed by atoms with van der Waals surface area (Å²) >= 11 is 0. The molecule has 0 spiro atoms. The Morgan fingerprint density at radius 1 is 1.12 bits per heavy atom. The number of nitrogens with zero attached hydrogens (tertiary/aromatic N) is 1. The molecular formula is C20H22N4O2. The number of fused-ring (bicyclic) bond motifs is 1. The molecule has 0 saturated carbocycles. The summed E-state index contributed by atoms with van der Waals surface area (Å²) in [6.07, 6.45) is 0.213. The number of para-hydroxylation sites is 1. The topological polar surface area (TPSA) is 86.9 Å². The van der Waals surface area contributed by atoms with Crippen molar-refractivity contribution >= 4 is 22.7 Å². The van der Waals surface area contributed by atoms with Crippen molar-refractivity contribution in [2.75, 3.05) is 6.54 Å². The third kappa shape index (κ3) is 3.91. The molecule has 0 aliphatic heterocycles. The smallest absolute Gasteiger partial charge is 0.272 e. The minimum absolute atomic E-state index is 0.0744. The van der Waals surface area contributed by atoms with Crippen LogP contribution in [0, 0.1) is 6.92 Å². The normalized spacial score (nSPS) is 11.9. The Kier molecular flexibility index (Phi) is 5.31. The molecule has 134 valence electrons. The first-order valence-corrected chi connectivity index (χ1v) is 8.62. The highest BCUT2D eigenvalue weighted by atomic mass is 16.2. The molecule has 1 unspecified atom stereocenters. The summed E-state index contributed by atoms with van der Waals surface area (Å²) in [7, 11) is 0. The first-order valence-electron chi connectivity index (χ1n) is 8.62. The lowest BCUT2D eigenvalue weighted by molar-refractivity contribution is -0.121. The molecule has 6 heteroatoms. The minimum Gasteiger partial charge on any atom is -0.350 e. The molecule has 2 aromatic carbocycles. The second kappa shape index (κ2) is 7.82. The van der Waals surface area contributed by atoms with Crippen LogP contribution in [0.1, 0.15) is 41.0 Å². The van der Waals surface area contributed by atoms with E-state index in [9.17, 15) is 9.59 Å². The predicted molar refractivity (Wildman–Crippen MR) is 101 cm³/mol. The summed E-state index contributed by atoms with van der Waals surface area (Å²) in [6, 6.07) is 15.3. The van der Waals surface area contributed by atoms with Crippen LogP contribution in [0.2, 0.25) is 0 Å². The SMILES string of the molecule is Cc1ccccc1C(C)NC(=O)CCNC(=O)c1n[nH]c2ccccc12. The summed E-state index contributed by atoms with van der Waals surface area (Å²) in [4.78, 5) is 24.4. The Hall–Kier alpha value is -3.15. The number of carbonyl (C=O) groups is 2. The fraction of sp³-hybridized carbons (Fsp3) is 0.250. The highest BCUT2D eigenvalue weighted by Gasteiger charge is 2.15. The van der Waals surface area contributed by atoms with Gasteiger partial charge >= 0.3 is 0 Å². The maximum absolute atomic E-state index is 12.3. The highest BCUT2D eigenvalue weighted by molar-refractivity contribution is 6.04. The van der Waals surface area contributed by atoms with Gasteiger partial charge in [0, 0.05) is 18.4 Å². The van der Waals surface area contributed by atoms with Gasteiger partial charge in [-0.2, -0.15) is 5.10 Å². The summed E-state index contributed by atoms with van der Waals surface area (Å²) in [5.41, 5.74) is 3.38. The molecule has 0 aliphatic carbocycles. The molecule has 3 N–H and O–H groups in total. The highest BCUT2D eigenvalue weighted by Crippen LogP contribution is 2.17. The summed E-state index contributed by atoms with van der Waals surface area (Å²) in [5.74, 6) is -0.393. The Morgan fingerprint density at radius 3 is 2.65 bits per heavy atom. The van der Waals surface area contributed by atoms with Crippen LogP contribution in [-0.2, 0) is 4.79 Å². The van der Waals surface area contributed by atoms with E-state index in [4.69, 9.17) is 0 Å². The quantitative estimate of drug-likeness (QED) is 0.639. The summed E-state index contributed by atoms with van der Waals surface area (Å²) in [6.45, 7) is 4.23.